The standard InChI is InChI=1S/C19H18F2N4O2/c1-25-17(6-8-23-25)15-11-13(3-5-18(15)27-9-7-22)24-19(26)14-4-2-12(20)10-16(14)21/h2-6,8,10-11H,7,9,22H2,1H3,(H,24,26). The highest BCUT2D eigenvalue weighted by Crippen LogP contribution is 2.32. The number of hydrogen-bond acceptors (Lipinski definition) is 4. The van der Waals surface area contributed by atoms with Crippen LogP contribution in [0.3, 0.4) is 0 Å². The summed E-state index contributed by atoms with van der Waals surface area (Å²) in [4.78, 5) is 12.3. The van der Waals surface area contributed by atoms with Gasteiger partial charge >= 0.3 is 0 Å². The van der Waals surface area contributed by atoms with Crippen molar-refractivity contribution < 1.29 is 18.3 Å². The van der Waals surface area contributed by atoms with Crippen molar-refractivity contribution in [3.63, 3.8) is 0 Å². The van der Waals surface area contributed by atoms with E-state index in [2.05, 4.69) is 10.4 Å². The van der Waals surface area contributed by atoms with Crippen LogP contribution in [0, 0.1) is 11.6 Å². The Morgan fingerprint density at radius 3 is 2.70 bits per heavy atom. The lowest BCUT2D eigenvalue weighted by Crippen LogP contribution is -2.14. The second kappa shape index (κ2) is 7.96. The van der Waals surface area contributed by atoms with Gasteiger partial charge in [0.25, 0.3) is 5.91 Å². The molecule has 2 aromatic carbocycles. The molecule has 3 aromatic rings. The summed E-state index contributed by atoms with van der Waals surface area (Å²) >= 11 is 0. The lowest BCUT2D eigenvalue weighted by molar-refractivity contribution is 0.102. The third kappa shape index (κ3) is 4.12. The molecule has 0 fully saturated rings. The molecule has 3 N–H and O–H groups in total. The van der Waals surface area contributed by atoms with Gasteiger partial charge in [0.1, 0.15) is 24.0 Å². The lowest BCUT2D eigenvalue weighted by Gasteiger charge is -2.14. The molecule has 0 saturated heterocycles. The maximum absolute atomic E-state index is 13.8. The number of nitrogens with two attached hydrogens (primary N) is 1. The van der Waals surface area contributed by atoms with Crippen LogP contribution >= 0.6 is 0 Å². The second-order valence-electron chi connectivity index (χ2n) is 5.77. The summed E-state index contributed by atoms with van der Waals surface area (Å²) in [6.07, 6.45) is 1.64. The summed E-state index contributed by atoms with van der Waals surface area (Å²) in [6.45, 7) is 0.685. The quantitative estimate of drug-likeness (QED) is 0.697. The highest BCUT2D eigenvalue weighted by atomic mass is 19.1. The lowest BCUT2D eigenvalue weighted by atomic mass is 10.1. The predicted molar refractivity (Wildman–Crippen MR) is 97.5 cm³/mol. The molecule has 0 saturated carbocycles. The Morgan fingerprint density at radius 2 is 2.04 bits per heavy atom. The summed E-state index contributed by atoms with van der Waals surface area (Å²) in [5.41, 5.74) is 7.15. The molecule has 0 unspecified atom stereocenters. The number of hydrogen-bond donors (Lipinski definition) is 2. The fourth-order valence-electron chi connectivity index (χ4n) is 2.61. The highest BCUT2D eigenvalue weighted by Gasteiger charge is 2.15. The number of ether oxygens (including phenoxy) is 1. The van der Waals surface area contributed by atoms with Crippen molar-refractivity contribution in [3.05, 3.63) is 65.9 Å². The molecule has 0 bridgehead atoms. The van der Waals surface area contributed by atoms with Crippen molar-refractivity contribution >= 4 is 11.6 Å². The van der Waals surface area contributed by atoms with Gasteiger partial charge in [-0.25, -0.2) is 8.78 Å². The molecule has 0 atom stereocenters. The maximum atomic E-state index is 13.8. The van der Waals surface area contributed by atoms with Gasteiger partial charge in [-0.15, -0.1) is 0 Å². The van der Waals surface area contributed by atoms with E-state index in [1.165, 1.54) is 0 Å². The third-order valence-electron chi connectivity index (χ3n) is 3.89. The molecule has 1 heterocycles. The third-order valence-corrected chi connectivity index (χ3v) is 3.89. The van der Waals surface area contributed by atoms with Crippen molar-refractivity contribution in [2.24, 2.45) is 12.8 Å². The molecule has 0 spiro atoms. The van der Waals surface area contributed by atoms with E-state index < -0.39 is 17.5 Å². The van der Waals surface area contributed by atoms with Crippen LogP contribution in [-0.2, 0) is 7.05 Å². The van der Waals surface area contributed by atoms with Gasteiger partial charge in [0.2, 0.25) is 0 Å². The number of carbonyl (C=O) groups is 1. The normalized spacial score (nSPS) is 10.7. The minimum absolute atomic E-state index is 0.248. The first-order chi connectivity index (χ1) is 13.0. The fourth-order valence-corrected chi connectivity index (χ4v) is 2.61. The number of rotatable bonds is 6. The van der Waals surface area contributed by atoms with Crippen molar-refractivity contribution in [1.29, 1.82) is 0 Å². The monoisotopic (exact) mass is 372 g/mol. The summed E-state index contributed by atoms with van der Waals surface area (Å²) in [5, 5.41) is 6.75. The SMILES string of the molecule is Cn1nccc1-c1cc(NC(=O)c2ccc(F)cc2F)ccc1OCCN. The maximum Gasteiger partial charge on any atom is 0.258 e. The Labute approximate surface area is 154 Å². The van der Waals surface area contributed by atoms with Gasteiger partial charge in [0.15, 0.2) is 0 Å². The zero-order chi connectivity index (χ0) is 19.4. The molecule has 0 aliphatic rings. The predicted octanol–water partition coefficient (Wildman–Crippen LogP) is 2.96. The molecule has 3 rings (SSSR count). The fraction of sp³-hybridized carbons (Fsp3) is 0.158. The van der Waals surface area contributed by atoms with Crippen LogP contribution in [0.1, 0.15) is 10.4 Å². The van der Waals surface area contributed by atoms with Gasteiger partial charge in [-0.05, 0) is 36.4 Å². The number of nitrogens with one attached hydrogen (secondary N) is 1. The van der Waals surface area contributed by atoms with Crippen LogP contribution in [0.25, 0.3) is 11.3 Å². The molecular formula is C19H18F2N4O2. The first kappa shape index (κ1) is 18.5. The van der Waals surface area contributed by atoms with Crippen molar-refractivity contribution in [1.82, 2.24) is 9.78 Å². The molecule has 0 aliphatic carbocycles. The molecule has 140 valence electrons. The van der Waals surface area contributed by atoms with Gasteiger partial charge in [0, 0.05) is 37.1 Å². The van der Waals surface area contributed by atoms with E-state index in [1.807, 2.05) is 0 Å². The molecule has 27 heavy (non-hydrogen) atoms. The number of benzene rings is 2. The molecule has 6 nitrogen and oxygen atoms in total. The number of amides is 1. The Kier molecular flexibility index (Phi) is 5.46. The summed E-state index contributed by atoms with van der Waals surface area (Å²) < 4.78 is 34.2. The number of carbonyl (C=O) groups excluding carboxylic acids is 1. The Morgan fingerprint density at radius 1 is 1.22 bits per heavy atom. The van der Waals surface area contributed by atoms with Crippen LogP contribution < -0.4 is 15.8 Å². The van der Waals surface area contributed by atoms with Gasteiger partial charge in [-0.2, -0.15) is 5.10 Å². The Balaban J connectivity index is 1.92. The van der Waals surface area contributed by atoms with E-state index in [0.717, 1.165) is 17.8 Å². The van der Waals surface area contributed by atoms with Crippen LogP contribution in [0.2, 0.25) is 0 Å². The average Bonchev–Trinajstić information content (AvgIpc) is 3.06. The van der Waals surface area contributed by atoms with Crippen molar-refractivity contribution in [2.75, 3.05) is 18.5 Å². The summed E-state index contributed by atoms with van der Waals surface area (Å²) in [6, 6.07) is 9.61. The molecule has 1 aromatic heterocycles. The minimum Gasteiger partial charge on any atom is -0.492 e. The van der Waals surface area contributed by atoms with E-state index in [4.69, 9.17) is 10.5 Å². The first-order valence-electron chi connectivity index (χ1n) is 8.21. The average molecular weight is 372 g/mol. The van der Waals surface area contributed by atoms with Gasteiger partial charge in [0.05, 0.1) is 11.3 Å². The zero-order valence-electron chi connectivity index (χ0n) is 14.6. The molecular weight excluding hydrogens is 354 g/mol. The summed E-state index contributed by atoms with van der Waals surface area (Å²) in [7, 11) is 1.78. The Hall–Kier alpha value is -3.26. The molecule has 1 amide bonds. The Bertz CT molecular complexity index is 972. The van der Waals surface area contributed by atoms with Gasteiger partial charge < -0.3 is 15.8 Å². The van der Waals surface area contributed by atoms with Crippen LogP contribution in [-0.4, -0.2) is 28.8 Å². The van der Waals surface area contributed by atoms with Crippen LogP contribution in [0.4, 0.5) is 14.5 Å². The largest absolute Gasteiger partial charge is 0.492 e. The summed E-state index contributed by atoms with van der Waals surface area (Å²) in [5.74, 6) is -1.78. The molecule has 0 aliphatic heterocycles. The highest BCUT2D eigenvalue weighted by molar-refractivity contribution is 6.04. The van der Waals surface area contributed by atoms with Crippen molar-refractivity contribution in [2.45, 2.75) is 0 Å². The topological polar surface area (TPSA) is 82.2 Å². The van der Waals surface area contributed by atoms with E-state index >= 15 is 0 Å². The number of halogens is 2. The van der Waals surface area contributed by atoms with Crippen molar-refractivity contribution in [3.8, 4) is 17.0 Å². The van der Waals surface area contributed by atoms with Gasteiger partial charge in [-0.1, -0.05) is 0 Å². The van der Waals surface area contributed by atoms with E-state index in [1.54, 1.807) is 42.2 Å². The van der Waals surface area contributed by atoms with E-state index in [0.29, 0.717) is 36.2 Å². The number of anilines is 1. The van der Waals surface area contributed by atoms with Gasteiger partial charge in [-0.3, -0.25) is 9.48 Å². The number of nitrogens with zero attached hydrogens (tertiary/aromatic N) is 2. The number of aryl methyl sites for hydroxylation is 1. The number of aromatic nitrogens is 2. The smallest absolute Gasteiger partial charge is 0.258 e. The van der Waals surface area contributed by atoms with E-state index in [9.17, 15) is 13.6 Å². The minimum atomic E-state index is -0.928. The zero-order valence-corrected chi connectivity index (χ0v) is 14.6. The molecule has 0 radical (unpaired) electrons. The second-order valence-corrected chi connectivity index (χ2v) is 5.77. The van der Waals surface area contributed by atoms with Crippen LogP contribution in [0.5, 0.6) is 5.75 Å². The molecule has 8 heteroatoms. The first-order valence-corrected chi connectivity index (χ1v) is 8.21. The van der Waals surface area contributed by atoms with Crippen LogP contribution in [0.15, 0.2) is 48.7 Å². The van der Waals surface area contributed by atoms with E-state index in [-0.39, 0.29) is 5.56 Å².